The molecule has 1 aromatic carbocycles. The fourth-order valence-electron chi connectivity index (χ4n) is 1.09. The summed E-state index contributed by atoms with van der Waals surface area (Å²) in [5.74, 6) is 0.736. The van der Waals surface area contributed by atoms with Crippen LogP contribution in [0.2, 0.25) is 0 Å². The van der Waals surface area contributed by atoms with Crippen LogP contribution in [0.5, 0.6) is 5.75 Å². The second kappa shape index (κ2) is 6.00. The van der Waals surface area contributed by atoms with Crippen LogP contribution in [0.15, 0.2) is 29.2 Å². The summed E-state index contributed by atoms with van der Waals surface area (Å²) in [5, 5.41) is 0. The average Bonchev–Trinajstić information content (AvgIpc) is 2.28. The van der Waals surface area contributed by atoms with Crippen molar-refractivity contribution >= 4 is 10.0 Å². The van der Waals surface area contributed by atoms with E-state index in [9.17, 15) is 8.42 Å². The summed E-state index contributed by atoms with van der Waals surface area (Å²) < 4.78 is 28.5. The van der Waals surface area contributed by atoms with Crippen molar-refractivity contribution in [1.29, 1.82) is 0 Å². The maximum absolute atomic E-state index is 11.8. The van der Waals surface area contributed by atoms with Crippen molar-refractivity contribution in [1.82, 2.24) is 4.89 Å². The first kappa shape index (κ1) is 14.0. The van der Waals surface area contributed by atoms with Gasteiger partial charge in [-0.15, -0.1) is 0 Å². The van der Waals surface area contributed by atoms with E-state index in [0.29, 0.717) is 12.4 Å². The Morgan fingerprint density at radius 2 is 2.06 bits per heavy atom. The molecule has 1 aromatic rings. The van der Waals surface area contributed by atoms with Crippen LogP contribution in [-0.2, 0) is 14.9 Å². The number of nitrogens with one attached hydrogen (secondary N) is 1. The Labute approximate surface area is 102 Å². The van der Waals surface area contributed by atoms with Gasteiger partial charge in [-0.05, 0) is 18.1 Å². The molecule has 0 spiro atoms. The minimum Gasteiger partial charge on any atom is -0.497 e. The number of hydrogen-bond acceptors (Lipinski definition) is 4. The molecule has 0 radical (unpaired) electrons. The fraction of sp³-hybridized carbons (Fsp3) is 0.455. The zero-order valence-corrected chi connectivity index (χ0v) is 11.0. The van der Waals surface area contributed by atoms with Crippen LogP contribution in [0.25, 0.3) is 0 Å². The van der Waals surface area contributed by atoms with Gasteiger partial charge in [0.05, 0.1) is 18.6 Å². The van der Waals surface area contributed by atoms with Gasteiger partial charge >= 0.3 is 0 Å². The van der Waals surface area contributed by atoms with Crippen molar-refractivity contribution < 1.29 is 18.0 Å². The Balaban J connectivity index is 2.75. The molecule has 5 nitrogen and oxygen atoms in total. The lowest BCUT2D eigenvalue weighted by molar-refractivity contribution is 0.0718. The topological polar surface area (TPSA) is 64.6 Å². The average molecular weight is 259 g/mol. The summed E-state index contributed by atoms with van der Waals surface area (Å²) in [7, 11) is -2.16. The molecule has 0 aliphatic rings. The van der Waals surface area contributed by atoms with E-state index >= 15 is 0 Å². The van der Waals surface area contributed by atoms with Crippen LogP contribution in [0.3, 0.4) is 0 Å². The molecular formula is C11H17NO4S. The third-order valence-corrected chi connectivity index (χ3v) is 3.15. The molecule has 1 N–H and O–H groups in total. The number of benzene rings is 1. The van der Waals surface area contributed by atoms with Gasteiger partial charge < -0.3 is 4.74 Å². The third kappa shape index (κ3) is 4.33. The zero-order chi connectivity index (χ0) is 12.9. The highest BCUT2D eigenvalue weighted by Gasteiger charge is 2.14. The van der Waals surface area contributed by atoms with Crippen LogP contribution >= 0.6 is 0 Å². The Hall–Kier alpha value is -1.11. The molecule has 0 aliphatic heterocycles. The van der Waals surface area contributed by atoms with Crippen molar-refractivity contribution in [3.8, 4) is 5.75 Å². The van der Waals surface area contributed by atoms with Crippen molar-refractivity contribution in [2.24, 2.45) is 5.92 Å². The van der Waals surface area contributed by atoms with E-state index in [-0.39, 0.29) is 10.8 Å². The van der Waals surface area contributed by atoms with Crippen LogP contribution in [-0.4, -0.2) is 22.1 Å². The molecule has 0 saturated carbocycles. The third-order valence-electron chi connectivity index (χ3n) is 1.94. The summed E-state index contributed by atoms with van der Waals surface area (Å²) in [6.07, 6.45) is 0. The van der Waals surface area contributed by atoms with Crippen LogP contribution in [0, 0.1) is 5.92 Å². The highest BCUT2D eigenvalue weighted by atomic mass is 32.2. The highest BCUT2D eigenvalue weighted by Crippen LogP contribution is 2.16. The number of ether oxygens (including phenoxy) is 1. The van der Waals surface area contributed by atoms with Gasteiger partial charge in [-0.25, -0.2) is 8.42 Å². The van der Waals surface area contributed by atoms with Gasteiger partial charge in [-0.3, -0.25) is 4.84 Å². The van der Waals surface area contributed by atoms with E-state index in [0.717, 1.165) is 0 Å². The Morgan fingerprint density at radius 1 is 1.35 bits per heavy atom. The van der Waals surface area contributed by atoms with E-state index < -0.39 is 10.0 Å². The standard InChI is InChI=1S/C11H17NO4S/c1-9(2)8-16-12-17(13,14)11-6-4-5-10(7-11)15-3/h4-7,9,12H,8H2,1-3H3. The molecule has 0 heterocycles. The molecule has 17 heavy (non-hydrogen) atoms. The largest absolute Gasteiger partial charge is 0.497 e. The van der Waals surface area contributed by atoms with Crippen molar-refractivity contribution in [2.45, 2.75) is 18.7 Å². The second-order valence-electron chi connectivity index (χ2n) is 3.97. The lowest BCUT2D eigenvalue weighted by Crippen LogP contribution is -2.25. The van der Waals surface area contributed by atoms with Crippen molar-refractivity contribution in [3.05, 3.63) is 24.3 Å². The summed E-state index contributed by atoms with van der Waals surface area (Å²) >= 11 is 0. The summed E-state index contributed by atoms with van der Waals surface area (Å²) in [6, 6.07) is 6.19. The lowest BCUT2D eigenvalue weighted by Gasteiger charge is -2.09. The van der Waals surface area contributed by atoms with Gasteiger partial charge in [0, 0.05) is 6.07 Å². The van der Waals surface area contributed by atoms with Crippen LogP contribution in [0.4, 0.5) is 0 Å². The summed E-state index contributed by atoms with van der Waals surface area (Å²) in [6.45, 7) is 4.18. The Bertz CT molecular complexity index is 456. The normalized spacial score (nSPS) is 11.8. The predicted octanol–water partition coefficient (Wildman–Crippen LogP) is 1.56. The van der Waals surface area contributed by atoms with Gasteiger partial charge in [-0.1, -0.05) is 24.8 Å². The van der Waals surface area contributed by atoms with E-state index in [1.165, 1.54) is 19.2 Å². The van der Waals surface area contributed by atoms with Gasteiger partial charge in [-0.2, -0.15) is 0 Å². The first-order chi connectivity index (χ1) is 7.95. The Morgan fingerprint density at radius 3 is 2.65 bits per heavy atom. The molecule has 6 heteroatoms. The fourth-order valence-corrected chi connectivity index (χ4v) is 1.94. The summed E-state index contributed by atoms with van der Waals surface area (Å²) in [4.78, 5) is 7.10. The number of hydrogen-bond donors (Lipinski definition) is 1. The lowest BCUT2D eigenvalue weighted by atomic mass is 10.2. The molecule has 0 bridgehead atoms. The molecule has 0 unspecified atom stereocenters. The van der Waals surface area contributed by atoms with Gasteiger partial charge in [0.2, 0.25) is 0 Å². The van der Waals surface area contributed by atoms with E-state index in [1.54, 1.807) is 12.1 Å². The minimum atomic E-state index is -3.64. The first-order valence-corrected chi connectivity index (χ1v) is 6.71. The molecule has 1 rings (SSSR count). The monoisotopic (exact) mass is 259 g/mol. The maximum atomic E-state index is 11.8. The number of sulfonamides is 1. The highest BCUT2D eigenvalue weighted by molar-refractivity contribution is 7.89. The molecule has 0 saturated heterocycles. The molecule has 0 fully saturated rings. The second-order valence-corrected chi connectivity index (χ2v) is 5.62. The van der Waals surface area contributed by atoms with E-state index in [1.807, 2.05) is 13.8 Å². The van der Waals surface area contributed by atoms with Crippen LogP contribution < -0.4 is 9.62 Å². The number of methoxy groups -OCH3 is 1. The molecule has 0 aromatic heterocycles. The SMILES string of the molecule is COc1cccc(S(=O)(=O)NOCC(C)C)c1. The van der Waals surface area contributed by atoms with Gasteiger partial charge in [0.25, 0.3) is 10.0 Å². The number of rotatable bonds is 6. The zero-order valence-electron chi connectivity index (χ0n) is 10.1. The van der Waals surface area contributed by atoms with E-state index in [4.69, 9.17) is 9.57 Å². The molecule has 0 atom stereocenters. The van der Waals surface area contributed by atoms with E-state index in [2.05, 4.69) is 4.89 Å². The molecule has 96 valence electrons. The van der Waals surface area contributed by atoms with Gasteiger partial charge in [0.15, 0.2) is 0 Å². The summed E-state index contributed by atoms with van der Waals surface area (Å²) in [5.41, 5.74) is 0. The molecular weight excluding hydrogens is 242 g/mol. The molecule has 0 aliphatic carbocycles. The minimum absolute atomic E-state index is 0.112. The maximum Gasteiger partial charge on any atom is 0.262 e. The van der Waals surface area contributed by atoms with Crippen LogP contribution in [0.1, 0.15) is 13.8 Å². The Kier molecular flexibility index (Phi) is 4.92. The van der Waals surface area contributed by atoms with Gasteiger partial charge in [0.1, 0.15) is 5.75 Å². The molecule has 0 amide bonds. The smallest absolute Gasteiger partial charge is 0.262 e. The first-order valence-electron chi connectivity index (χ1n) is 5.23. The van der Waals surface area contributed by atoms with Crippen molar-refractivity contribution in [2.75, 3.05) is 13.7 Å². The van der Waals surface area contributed by atoms with Crippen molar-refractivity contribution in [3.63, 3.8) is 0 Å². The predicted molar refractivity (Wildman–Crippen MR) is 64.1 cm³/mol. The quantitative estimate of drug-likeness (QED) is 0.787.